The van der Waals surface area contributed by atoms with Gasteiger partial charge in [0.15, 0.2) is 0 Å². The lowest BCUT2D eigenvalue weighted by molar-refractivity contribution is 0.460. The zero-order valence-electron chi connectivity index (χ0n) is 11.7. The minimum atomic E-state index is 0.177. The topological polar surface area (TPSA) is 12.4 Å². The molecule has 1 aliphatic carbocycles. The summed E-state index contributed by atoms with van der Waals surface area (Å²) in [5, 5.41) is 0. The van der Waals surface area contributed by atoms with Crippen molar-refractivity contribution in [3.05, 3.63) is 65.7 Å². The lowest BCUT2D eigenvalue weighted by Gasteiger charge is -2.36. The van der Waals surface area contributed by atoms with Crippen molar-refractivity contribution in [2.75, 3.05) is 0 Å². The molecule has 20 heavy (non-hydrogen) atoms. The lowest BCUT2D eigenvalue weighted by Crippen LogP contribution is -2.38. The molecule has 1 saturated carbocycles. The van der Waals surface area contributed by atoms with Gasteiger partial charge in [-0.15, -0.1) is 0 Å². The zero-order valence-corrected chi connectivity index (χ0v) is 11.7. The fourth-order valence-corrected chi connectivity index (χ4v) is 3.91. The predicted molar refractivity (Wildman–Crippen MR) is 83.8 cm³/mol. The number of hydrogen-bond acceptors (Lipinski definition) is 1. The maximum Gasteiger partial charge on any atom is 0.0671 e. The summed E-state index contributed by atoms with van der Waals surface area (Å²) in [6.45, 7) is 0. The monoisotopic (exact) mass is 261 g/mol. The first kappa shape index (κ1) is 11.9. The number of aliphatic imine (C=N–C) groups is 1. The first-order valence-corrected chi connectivity index (χ1v) is 7.60. The van der Waals surface area contributed by atoms with Gasteiger partial charge in [0.25, 0.3) is 0 Å². The Bertz CT molecular complexity index is 656. The summed E-state index contributed by atoms with van der Waals surface area (Å²) in [6, 6.07) is 19.6. The minimum Gasteiger partial charge on any atom is -0.257 e. The zero-order chi connectivity index (χ0) is 13.4. The van der Waals surface area contributed by atoms with E-state index < -0.39 is 0 Å². The van der Waals surface area contributed by atoms with Crippen LogP contribution in [-0.4, -0.2) is 5.71 Å². The summed E-state index contributed by atoms with van der Waals surface area (Å²) in [4.78, 5) is 4.96. The number of rotatable bonds is 2. The number of benzene rings is 2. The number of hydrogen-bond donors (Lipinski definition) is 0. The second-order valence-corrected chi connectivity index (χ2v) is 6.03. The molecule has 0 spiro atoms. The van der Waals surface area contributed by atoms with Gasteiger partial charge in [-0.05, 0) is 42.9 Å². The predicted octanol–water partition coefficient (Wildman–Crippen LogP) is 4.83. The van der Waals surface area contributed by atoms with Gasteiger partial charge in [0, 0.05) is 11.1 Å². The van der Waals surface area contributed by atoms with Crippen LogP contribution >= 0.6 is 0 Å². The summed E-state index contributed by atoms with van der Waals surface area (Å²) in [5.74, 6) is 0. The molecule has 4 rings (SSSR count). The van der Waals surface area contributed by atoms with Crippen LogP contribution in [0.4, 0.5) is 5.69 Å². The Morgan fingerprint density at radius 1 is 0.900 bits per heavy atom. The first-order chi connectivity index (χ1) is 9.88. The fourth-order valence-electron chi connectivity index (χ4n) is 3.91. The molecule has 0 aromatic heterocycles. The van der Waals surface area contributed by atoms with Crippen molar-refractivity contribution in [3.63, 3.8) is 0 Å². The minimum absolute atomic E-state index is 0.177. The second-order valence-electron chi connectivity index (χ2n) is 6.03. The van der Waals surface area contributed by atoms with E-state index in [1.54, 1.807) is 0 Å². The Kier molecular flexibility index (Phi) is 2.73. The molecule has 0 bridgehead atoms. The van der Waals surface area contributed by atoms with Crippen LogP contribution in [0.2, 0.25) is 0 Å². The summed E-state index contributed by atoms with van der Waals surface area (Å²) in [5.41, 5.74) is 5.70. The lowest BCUT2D eigenvalue weighted by atomic mass is 9.66. The van der Waals surface area contributed by atoms with E-state index in [4.69, 9.17) is 4.99 Å². The molecule has 0 unspecified atom stereocenters. The van der Waals surface area contributed by atoms with E-state index in [1.807, 2.05) is 0 Å². The number of fused-ring (bicyclic) bond motifs is 3. The smallest absolute Gasteiger partial charge is 0.0671 e. The van der Waals surface area contributed by atoms with E-state index in [0.29, 0.717) is 0 Å². The van der Waals surface area contributed by atoms with E-state index in [-0.39, 0.29) is 5.41 Å². The molecule has 1 atom stereocenters. The Labute approximate surface area is 120 Å². The van der Waals surface area contributed by atoms with Crippen LogP contribution < -0.4 is 0 Å². The third-order valence-corrected chi connectivity index (χ3v) is 4.84. The van der Waals surface area contributed by atoms with Gasteiger partial charge in [0.2, 0.25) is 0 Å². The van der Waals surface area contributed by atoms with Crippen molar-refractivity contribution in [3.8, 4) is 0 Å². The third-order valence-electron chi connectivity index (χ3n) is 4.84. The van der Waals surface area contributed by atoms with Crippen LogP contribution in [0.25, 0.3) is 0 Å². The molecule has 0 N–H and O–H groups in total. The molecule has 1 nitrogen and oxygen atoms in total. The molecule has 2 aromatic rings. The van der Waals surface area contributed by atoms with Gasteiger partial charge in [-0.25, -0.2) is 0 Å². The molecule has 0 saturated heterocycles. The van der Waals surface area contributed by atoms with Gasteiger partial charge in [-0.1, -0.05) is 55.0 Å². The van der Waals surface area contributed by atoms with Gasteiger partial charge >= 0.3 is 0 Å². The van der Waals surface area contributed by atoms with Crippen LogP contribution in [0.5, 0.6) is 0 Å². The van der Waals surface area contributed by atoms with E-state index in [1.165, 1.54) is 48.2 Å². The molecule has 2 aromatic carbocycles. The highest BCUT2D eigenvalue weighted by atomic mass is 14.8. The van der Waals surface area contributed by atoms with Gasteiger partial charge in [0.1, 0.15) is 0 Å². The molecule has 0 amide bonds. The molecule has 2 aliphatic rings. The Hall–Kier alpha value is -1.89. The largest absolute Gasteiger partial charge is 0.257 e. The van der Waals surface area contributed by atoms with Gasteiger partial charge in [-0.3, -0.25) is 4.99 Å². The number of para-hydroxylation sites is 1. The Morgan fingerprint density at radius 3 is 2.60 bits per heavy atom. The second kappa shape index (κ2) is 4.59. The Morgan fingerprint density at radius 2 is 1.70 bits per heavy atom. The molecular weight excluding hydrogens is 242 g/mol. The molecular formula is C19H19N. The Balaban J connectivity index is 1.82. The summed E-state index contributed by atoms with van der Waals surface area (Å²) in [6.07, 6.45) is 6.13. The molecule has 1 aliphatic heterocycles. The van der Waals surface area contributed by atoms with Crippen molar-refractivity contribution in [2.45, 2.75) is 37.5 Å². The van der Waals surface area contributed by atoms with E-state index in [9.17, 15) is 0 Å². The summed E-state index contributed by atoms with van der Waals surface area (Å²) in [7, 11) is 0. The highest BCUT2D eigenvalue weighted by Gasteiger charge is 2.44. The van der Waals surface area contributed by atoms with Gasteiger partial charge in [-0.2, -0.15) is 0 Å². The highest BCUT2D eigenvalue weighted by Crippen LogP contribution is 2.48. The average Bonchev–Trinajstić information content (AvgIpc) is 2.83. The average molecular weight is 261 g/mol. The standard InChI is InChI=1S/C19H19N/c1-2-8-15(9-3-1)14-19-13-7-6-12-18(19)20-17-11-5-4-10-16(17)19/h1-5,8-11H,6-7,12-14H2/t19-/m1/s1. The van der Waals surface area contributed by atoms with Crippen LogP contribution in [0.15, 0.2) is 59.6 Å². The third kappa shape index (κ3) is 1.73. The van der Waals surface area contributed by atoms with Crippen molar-refractivity contribution < 1.29 is 0 Å². The molecule has 1 heteroatoms. The fraction of sp³-hybridized carbons (Fsp3) is 0.316. The van der Waals surface area contributed by atoms with Gasteiger partial charge in [0.05, 0.1) is 5.69 Å². The van der Waals surface area contributed by atoms with E-state index >= 15 is 0 Å². The molecule has 1 heterocycles. The summed E-state index contributed by atoms with van der Waals surface area (Å²) < 4.78 is 0. The van der Waals surface area contributed by atoms with Crippen LogP contribution in [-0.2, 0) is 11.8 Å². The van der Waals surface area contributed by atoms with Crippen LogP contribution in [0.3, 0.4) is 0 Å². The molecule has 1 fully saturated rings. The maximum atomic E-state index is 4.96. The summed E-state index contributed by atoms with van der Waals surface area (Å²) >= 11 is 0. The van der Waals surface area contributed by atoms with Gasteiger partial charge < -0.3 is 0 Å². The van der Waals surface area contributed by atoms with Crippen molar-refractivity contribution in [1.82, 2.24) is 0 Å². The first-order valence-electron chi connectivity index (χ1n) is 7.60. The van der Waals surface area contributed by atoms with Crippen LogP contribution in [0, 0.1) is 0 Å². The molecule has 0 radical (unpaired) electrons. The van der Waals surface area contributed by atoms with Crippen molar-refractivity contribution >= 4 is 11.4 Å². The number of nitrogens with zero attached hydrogens (tertiary/aromatic N) is 1. The maximum absolute atomic E-state index is 4.96. The SMILES string of the molecule is c1ccc(C[C@@]23CCCCC2=Nc2ccccc23)cc1. The molecule has 100 valence electrons. The quantitative estimate of drug-likeness (QED) is 0.734. The van der Waals surface area contributed by atoms with E-state index in [2.05, 4.69) is 54.6 Å². The highest BCUT2D eigenvalue weighted by molar-refractivity contribution is 6.02. The van der Waals surface area contributed by atoms with E-state index in [0.717, 1.165) is 6.42 Å². The normalized spacial score (nSPS) is 23.9. The van der Waals surface area contributed by atoms with Crippen LogP contribution in [0.1, 0.15) is 36.8 Å². The van der Waals surface area contributed by atoms with Crippen molar-refractivity contribution in [2.24, 2.45) is 4.99 Å². The van der Waals surface area contributed by atoms with Crippen molar-refractivity contribution in [1.29, 1.82) is 0 Å².